The van der Waals surface area contributed by atoms with E-state index in [1.807, 2.05) is 0 Å². The number of ketones is 1. The Morgan fingerprint density at radius 3 is 2.28 bits per heavy atom. The lowest BCUT2D eigenvalue weighted by Gasteiger charge is -2.11. The van der Waals surface area contributed by atoms with Crippen LogP contribution in [0.1, 0.15) is 31.7 Å². The van der Waals surface area contributed by atoms with Gasteiger partial charge in [0.2, 0.25) is 0 Å². The van der Waals surface area contributed by atoms with Gasteiger partial charge in [0.1, 0.15) is 5.78 Å². The molecule has 1 rings (SSSR count). The number of benzene rings is 1. The summed E-state index contributed by atoms with van der Waals surface area (Å²) in [5.41, 5.74) is -0.518. The first-order valence-electron chi connectivity index (χ1n) is 5.31. The summed E-state index contributed by atoms with van der Waals surface area (Å²) in [6.07, 6.45) is 0.411. The smallest absolute Gasteiger partial charge is 0.280 e. The molecule has 7 heteroatoms. The fourth-order valence-corrected chi connectivity index (χ4v) is 1.82. The Bertz CT molecular complexity index is 512. The van der Waals surface area contributed by atoms with Crippen molar-refractivity contribution >= 4 is 17.2 Å². The van der Waals surface area contributed by atoms with Crippen molar-refractivity contribution in [2.45, 2.75) is 26.2 Å². The van der Waals surface area contributed by atoms with Crippen molar-refractivity contribution < 1.29 is 14.6 Å². The van der Waals surface area contributed by atoms with Gasteiger partial charge < -0.3 is 0 Å². The lowest BCUT2D eigenvalue weighted by molar-refractivity contribution is -0.394. The Morgan fingerprint density at radius 1 is 1.28 bits per heavy atom. The minimum Gasteiger partial charge on any atom is -0.299 e. The summed E-state index contributed by atoms with van der Waals surface area (Å²) in [6, 6.07) is 3.35. The van der Waals surface area contributed by atoms with E-state index >= 15 is 0 Å². The summed E-state index contributed by atoms with van der Waals surface area (Å²) >= 11 is 0. The summed E-state index contributed by atoms with van der Waals surface area (Å²) in [7, 11) is 0. The highest BCUT2D eigenvalue weighted by Crippen LogP contribution is 2.32. The monoisotopic (exact) mass is 252 g/mol. The number of carbonyl (C=O) groups is 1. The van der Waals surface area contributed by atoms with Gasteiger partial charge in [0.05, 0.1) is 15.9 Å². The van der Waals surface area contributed by atoms with Crippen LogP contribution in [0.25, 0.3) is 0 Å². The average Bonchev–Trinajstić information content (AvgIpc) is 2.29. The molecular formula is C11H12N2O5. The van der Waals surface area contributed by atoms with Gasteiger partial charge >= 0.3 is 0 Å². The van der Waals surface area contributed by atoms with Crippen LogP contribution in [0.5, 0.6) is 0 Å². The zero-order valence-corrected chi connectivity index (χ0v) is 9.95. The number of nitro groups is 2. The molecule has 0 fully saturated rings. The van der Waals surface area contributed by atoms with Gasteiger partial charge in [-0.1, -0.05) is 6.92 Å². The van der Waals surface area contributed by atoms with Gasteiger partial charge in [-0.3, -0.25) is 25.0 Å². The maximum Gasteiger partial charge on any atom is 0.280 e. The first-order valence-corrected chi connectivity index (χ1v) is 5.31. The highest BCUT2D eigenvalue weighted by Gasteiger charge is 2.26. The number of hydrogen-bond donors (Lipinski definition) is 0. The van der Waals surface area contributed by atoms with Crippen molar-refractivity contribution in [2.75, 3.05) is 0 Å². The van der Waals surface area contributed by atoms with Crippen LogP contribution in [0.4, 0.5) is 11.4 Å². The Balaban J connectivity index is 3.40. The third kappa shape index (κ3) is 2.68. The molecule has 0 heterocycles. The van der Waals surface area contributed by atoms with E-state index in [0.717, 1.165) is 6.07 Å². The summed E-state index contributed by atoms with van der Waals surface area (Å²) < 4.78 is 0. The number of hydrogen-bond acceptors (Lipinski definition) is 5. The molecule has 0 bridgehead atoms. The van der Waals surface area contributed by atoms with Gasteiger partial charge in [0.25, 0.3) is 11.4 Å². The molecule has 1 atom stereocenters. The van der Waals surface area contributed by atoms with Crippen LogP contribution in [0.3, 0.4) is 0 Å². The standard InChI is InChI=1S/C11H12N2O5/c1-3-9(7(2)14)10-5-4-8(12(15)16)6-11(10)13(17)18/h4-6,9H,3H2,1-2H3. The molecule has 96 valence electrons. The molecule has 0 saturated heterocycles. The fraction of sp³-hybridized carbons (Fsp3) is 0.364. The highest BCUT2D eigenvalue weighted by molar-refractivity contribution is 5.84. The second-order valence-electron chi connectivity index (χ2n) is 3.83. The first kappa shape index (κ1) is 13.8. The Hall–Kier alpha value is -2.31. The summed E-state index contributed by atoms with van der Waals surface area (Å²) in [6.45, 7) is 3.08. The third-order valence-corrected chi connectivity index (χ3v) is 2.70. The Morgan fingerprint density at radius 2 is 1.89 bits per heavy atom. The second kappa shape index (κ2) is 5.35. The molecule has 0 aliphatic heterocycles. The summed E-state index contributed by atoms with van der Waals surface area (Å²) in [4.78, 5) is 31.5. The van der Waals surface area contributed by atoms with Gasteiger partial charge in [-0.05, 0) is 19.4 Å². The van der Waals surface area contributed by atoms with Gasteiger partial charge in [0.15, 0.2) is 0 Å². The molecule has 0 spiro atoms. The van der Waals surface area contributed by atoms with Crippen molar-refractivity contribution in [1.82, 2.24) is 0 Å². The molecule has 0 N–H and O–H groups in total. The third-order valence-electron chi connectivity index (χ3n) is 2.70. The van der Waals surface area contributed by atoms with Crippen LogP contribution in [0.15, 0.2) is 18.2 Å². The van der Waals surface area contributed by atoms with E-state index in [0.29, 0.717) is 6.42 Å². The van der Waals surface area contributed by atoms with Crippen molar-refractivity contribution in [2.24, 2.45) is 0 Å². The minimum absolute atomic E-state index is 0.200. The molecule has 0 aromatic heterocycles. The number of non-ortho nitro benzene ring substituents is 1. The van der Waals surface area contributed by atoms with Crippen LogP contribution >= 0.6 is 0 Å². The van der Waals surface area contributed by atoms with Crippen LogP contribution in [-0.4, -0.2) is 15.6 Å². The predicted molar refractivity (Wildman–Crippen MR) is 63.5 cm³/mol. The largest absolute Gasteiger partial charge is 0.299 e. The van der Waals surface area contributed by atoms with Crippen molar-refractivity contribution in [3.63, 3.8) is 0 Å². The molecular weight excluding hydrogens is 240 g/mol. The number of carbonyl (C=O) groups excluding carboxylic acids is 1. The van der Waals surface area contributed by atoms with Crippen molar-refractivity contribution in [3.8, 4) is 0 Å². The van der Waals surface area contributed by atoms with Gasteiger partial charge in [-0.15, -0.1) is 0 Å². The van der Waals surface area contributed by atoms with Crippen LogP contribution < -0.4 is 0 Å². The molecule has 1 unspecified atom stereocenters. The molecule has 0 aliphatic rings. The van der Waals surface area contributed by atoms with Gasteiger partial charge in [-0.2, -0.15) is 0 Å². The van der Waals surface area contributed by atoms with Crippen LogP contribution in [0.2, 0.25) is 0 Å². The van der Waals surface area contributed by atoms with E-state index < -0.39 is 15.8 Å². The Labute approximate surface area is 103 Å². The lowest BCUT2D eigenvalue weighted by Crippen LogP contribution is -2.10. The van der Waals surface area contributed by atoms with E-state index in [9.17, 15) is 25.0 Å². The second-order valence-corrected chi connectivity index (χ2v) is 3.83. The maximum absolute atomic E-state index is 11.4. The summed E-state index contributed by atoms with van der Waals surface area (Å²) in [5.74, 6) is -0.805. The quantitative estimate of drug-likeness (QED) is 0.591. The number of nitrogens with zero attached hydrogens (tertiary/aromatic N) is 2. The normalized spacial score (nSPS) is 11.9. The molecule has 1 aromatic rings. The minimum atomic E-state index is -0.703. The molecule has 1 aromatic carbocycles. The zero-order chi connectivity index (χ0) is 13.9. The fourth-order valence-electron chi connectivity index (χ4n) is 1.82. The number of nitro benzene ring substituents is 2. The van der Waals surface area contributed by atoms with Crippen molar-refractivity contribution in [1.29, 1.82) is 0 Å². The van der Waals surface area contributed by atoms with Crippen molar-refractivity contribution in [3.05, 3.63) is 44.0 Å². The van der Waals surface area contributed by atoms with E-state index in [1.165, 1.54) is 19.1 Å². The first-order chi connectivity index (χ1) is 8.38. The van der Waals surface area contributed by atoms with Gasteiger partial charge in [-0.25, -0.2) is 0 Å². The van der Waals surface area contributed by atoms with Crippen LogP contribution in [0, 0.1) is 20.2 Å². The summed E-state index contributed by atoms with van der Waals surface area (Å²) in [5, 5.41) is 21.5. The molecule has 0 radical (unpaired) electrons. The SMILES string of the molecule is CCC(C(C)=O)c1ccc([N+](=O)[O-])cc1[N+](=O)[O-]. The molecule has 7 nitrogen and oxygen atoms in total. The molecule has 0 saturated carbocycles. The van der Waals surface area contributed by atoms with E-state index in [2.05, 4.69) is 0 Å². The van der Waals surface area contributed by atoms with E-state index in [1.54, 1.807) is 6.92 Å². The highest BCUT2D eigenvalue weighted by atomic mass is 16.6. The number of rotatable bonds is 5. The average molecular weight is 252 g/mol. The molecule has 18 heavy (non-hydrogen) atoms. The number of Topliss-reactive ketones (excluding diaryl/α,β-unsaturated/α-hetero) is 1. The topological polar surface area (TPSA) is 103 Å². The Kier molecular flexibility index (Phi) is 4.09. The zero-order valence-electron chi connectivity index (χ0n) is 9.95. The lowest BCUT2D eigenvalue weighted by atomic mass is 9.91. The van der Waals surface area contributed by atoms with Crippen LogP contribution in [-0.2, 0) is 4.79 Å². The predicted octanol–water partition coefficient (Wildman–Crippen LogP) is 2.59. The molecule has 0 amide bonds. The van der Waals surface area contributed by atoms with E-state index in [-0.39, 0.29) is 22.7 Å². The van der Waals surface area contributed by atoms with E-state index in [4.69, 9.17) is 0 Å². The molecule has 0 aliphatic carbocycles. The van der Waals surface area contributed by atoms with Gasteiger partial charge in [0, 0.05) is 17.5 Å². The maximum atomic E-state index is 11.4.